The van der Waals surface area contributed by atoms with Gasteiger partial charge in [0.2, 0.25) is 0 Å². The van der Waals surface area contributed by atoms with Gasteiger partial charge in [-0.3, -0.25) is 0 Å². The number of rotatable bonds is 10. The molecule has 106 valence electrons. The van der Waals surface area contributed by atoms with E-state index in [9.17, 15) is 0 Å². The molecule has 1 saturated heterocycles. The van der Waals surface area contributed by atoms with Crippen molar-refractivity contribution in [2.45, 2.75) is 77.4 Å². The lowest BCUT2D eigenvalue weighted by Gasteiger charge is -2.22. The van der Waals surface area contributed by atoms with E-state index in [4.69, 9.17) is 9.47 Å². The molecule has 0 aromatic carbocycles. The number of ether oxygens (including phenoxy) is 2. The highest BCUT2D eigenvalue weighted by molar-refractivity contribution is 4.81. The Morgan fingerprint density at radius 3 is 2.61 bits per heavy atom. The second-order valence-corrected chi connectivity index (χ2v) is 5.13. The summed E-state index contributed by atoms with van der Waals surface area (Å²) in [7, 11) is 0. The highest BCUT2D eigenvalue weighted by Crippen LogP contribution is 2.14. The van der Waals surface area contributed by atoms with E-state index in [1.54, 1.807) is 0 Å². The van der Waals surface area contributed by atoms with Crippen molar-refractivity contribution in [3.8, 4) is 0 Å². The highest BCUT2D eigenvalue weighted by Gasteiger charge is 2.12. The number of hydrogen-bond donors (Lipinski definition) is 0. The second kappa shape index (κ2) is 11.7. The summed E-state index contributed by atoms with van der Waals surface area (Å²) in [5, 5.41) is 0. The summed E-state index contributed by atoms with van der Waals surface area (Å²) in [5.41, 5.74) is 0. The van der Waals surface area contributed by atoms with Crippen molar-refractivity contribution >= 4 is 0 Å². The van der Waals surface area contributed by atoms with Gasteiger partial charge in [0.1, 0.15) is 0 Å². The molecule has 0 amide bonds. The lowest BCUT2D eigenvalue weighted by Crippen LogP contribution is -2.22. The minimum atomic E-state index is 0.0803. The van der Waals surface area contributed by atoms with Crippen LogP contribution in [0.4, 0.5) is 0 Å². The van der Waals surface area contributed by atoms with Crippen molar-refractivity contribution in [1.82, 2.24) is 0 Å². The van der Waals surface area contributed by atoms with Crippen molar-refractivity contribution < 1.29 is 9.47 Å². The summed E-state index contributed by atoms with van der Waals surface area (Å²) in [4.78, 5) is 0. The molecule has 1 aliphatic heterocycles. The average Bonchev–Trinajstić information content (AvgIpc) is 2.42. The average molecular weight is 254 g/mol. The molecule has 0 bridgehead atoms. The van der Waals surface area contributed by atoms with Crippen molar-refractivity contribution in [3.63, 3.8) is 0 Å². The van der Waals surface area contributed by atoms with E-state index in [0.29, 0.717) is 0 Å². The van der Waals surface area contributed by atoms with E-state index >= 15 is 0 Å². The van der Waals surface area contributed by atoms with Gasteiger partial charge in [0, 0.05) is 6.61 Å². The summed E-state index contributed by atoms with van der Waals surface area (Å²) in [6, 6.07) is 0. The van der Waals surface area contributed by atoms with Gasteiger partial charge in [0.05, 0.1) is 6.61 Å². The summed E-state index contributed by atoms with van der Waals surface area (Å²) < 4.78 is 11.2. The van der Waals surface area contributed by atoms with Crippen molar-refractivity contribution in [2.24, 2.45) is 0 Å². The molecule has 1 aliphatic rings. The van der Waals surface area contributed by atoms with Gasteiger partial charge in [-0.25, -0.2) is 0 Å². The third-order valence-electron chi connectivity index (χ3n) is 3.35. The number of unbranched alkanes of at least 4 members (excludes halogenated alkanes) is 5. The first kappa shape index (κ1) is 15.7. The Bertz CT molecular complexity index is 195. The van der Waals surface area contributed by atoms with Gasteiger partial charge in [-0.05, 0) is 44.9 Å². The molecule has 0 aromatic rings. The van der Waals surface area contributed by atoms with Gasteiger partial charge >= 0.3 is 0 Å². The molecule has 2 heteroatoms. The summed E-state index contributed by atoms with van der Waals surface area (Å²) in [6.45, 7) is 3.97. The molecule has 0 saturated carbocycles. The smallest absolute Gasteiger partial charge is 0.157 e. The van der Waals surface area contributed by atoms with Crippen LogP contribution in [0.5, 0.6) is 0 Å². The maximum absolute atomic E-state index is 5.69. The first-order chi connectivity index (χ1) is 8.93. The molecular formula is C16H30O2. The molecule has 0 spiro atoms. The Morgan fingerprint density at radius 2 is 1.89 bits per heavy atom. The van der Waals surface area contributed by atoms with Crippen LogP contribution in [0.15, 0.2) is 12.2 Å². The van der Waals surface area contributed by atoms with E-state index in [2.05, 4.69) is 19.1 Å². The van der Waals surface area contributed by atoms with Crippen LogP contribution in [-0.2, 0) is 9.47 Å². The number of allylic oxidation sites excluding steroid dienone is 2. The molecule has 2 nitrogen and oxygen atoms in total. The van der Waals surface area contributed by atoms with Crippen LogP contribution in [0.25, 0.3) is 0 Å². The zero-order valence-corrected chi connectivity index (χ0v) is 12.0. The van der Waals surface area contributed by atoms with Gasteiger partial charge in [0.25, 0.3) is 0 Å². The lowest BCUT2D eigenvalue weighted by atomic mass is 10.1. The van der Waals surface area contributed by atoms with Crippen molar-refractivity contribution in [2.75, 3.05) is 13.2 Å². The largest absolute Gasteiger partial charge is 0.353 e. The van der Waals surface area contributed by atoms with E-state index in [0.717, 1.165) is 32.5 Å². The monoisotopic (exact) mass is 254 g/mol. The first-order valence-corrected chi connectivity index (χ1v) is 7.81. The van der Waals surface area contributed by atoms with Gasteiger partial charge in [-0.2, -0.15) is 0 Å². The third kappa shape index (κ3) is 8.71. The Labute approximate surface area is 113 Å². The molecule has 1 fully saturated rings. The minimum absolute atomic E-state index is 0.0803. The Balaban J connectivity index is 1.81. The van der Waals surface area contributed by atoms with Crippen LogP contribution in [0, 0.1) is 0 Å². The van der Waals surface area contributed by atoms with Crippen molar-refractivity contribution in [3.05, 3.63) is 12.2 Å². The fraction of sp³-hybridized carbons (Fsp3) is 0.875. The topological polar surface area (TPSA) is 18.5 Å². The molecule has 0 aliphatic carbocycles. The molecule has 18 heavy (non-hydrogen) atoms. The van der Waals surface area contributed by atoms with E-state index < -0.39 is 0 Å². The second-order valence-electron chi connectivity index (χ2n) is 5.13. The fourth-order valence-electron chi connectivity index (χ4n) is 2.18. The van der Waals surface area contributed by atoms with E-state index in [1.165, 1.54) is 44.9 Å². The van der Waals surface area contributed by atoms with Crippen LogP contribution in [0.3, 0.4) is 0 Å². The number of hydrogen-bond acceptors (Lipinski definition) is 2. The van der Waals surface area contributed by atoms with Gasteiger partial charge in [0.15, 0.2) is 6.29 Å². The third-order valence-corrected chi connectivity index (χ3v) is 3.35. The Kier molecular flexibility index (Phi) is 10.2. The van der Waals surface area contributed by atoms with Gasteiger partial charge < -0.3 is 9.47 Å². The lowest BCUT2D eigenvalue weighted by molar-refractivity contribution is -0.162. The summed E-state index contributed by atoms with van der Waals surface area (Å²) in [5.74, 6) is 0. The molecule has 0 aromatic heterocycles. The zero-order valence-electron chi connectivity index (χ0n) is 12.0. The normalized spacial score (nSPS) is 20.6. The highest BCUT2D eigenvalue weighted by atomic mass is 16.7. The summed E-state index contributed by atoms with van der Waals surface area (Å²) >= 11 is 0. The van der Waals surface area contributed by atoms with Crippen LogP contribution in [0.2, 0.25) is 0 Å². The standard InChI is InChI=1S/C16H30O2/c1-2-3-4-5-6-7-8-9-11-14-17-16-13-10-12-15-18-16/h7-8,16H,2-6,9-15H2,1H3. The first-order valence-electron chi connectivity index (χ1n) is 7.81. The van der Waals surface area contributed by atoms with Crippen LogP contribution < -0.4 is 0 Å². The van der Waals surface area contributed by atoms with Crippen LogP contribution in [0.1, 0.15) is 71.1 Å². The Hall–Kier alpha value is -0.340. The fourth-order valence-corrected chi connectivity index (χ4v) is 2.18. The minimum Gasteiger partial charge on any atom is -0.353 e. The van der Waals surface area contributed by atoms with Crippen LogP contribution in [-0.4, -0.2) is 19.5 Å². The molecule has 0 radical (unpaired) electrons. The van der Waals surface area contributed by atoms with Gasteiger partial charge in [-0.1, -0.05) is 38.3 Å². The molecule has 0 N–H and O–H groups in total. The predicted octanol–water partition coefficient (Wildman–Crippen LogP) is 4.84. The molecule has 1 rings (SSSR count). The molecular weight excluding hydrogens is 224 g/mol. The van der Waals surface area contributed by atoms with E-state index in [-0.39, 0.29) is 6.29 Å². The van der Waals surface area contributed by atoms with E-state index in [1.807, 2.05) is 0 Å². The molecule has 1 atom stereocenters. The maximum Gasteiger partial charge on any atom is 0.157 e. The quantitative estimate of drug-likeness (QED) is 0.410. The molecule has 1 unspecified atom stereocenters. The predicted molar refractivity (Wildman–Crippen MR) is 76.7 cm³/mol. The summed E-state index contributed by atoms with van der Waals surface area (Å²) in [6.07, 6.45) is 17.2. The zero-order chi connectivity index (χ0) is 12.9. The van der Waals surface area contributed by atoms with Crippen molar-refractivity contribution in [1.29, 1.82) is 0 Å². The SMILES string of the molecule is CCCCCCC=CCCCOC1CCCCO1. The Morgan fingerprint density at radius 1 is 1.06 bits per heavy atom. The van der Waals surface area contributed by atoms with Crippen LogP contribution >= 0.6 is 0 Å². The van der Waals surface area contributed by atoms with Gasteiger partial charge in [-0.15, -0.1) is 0 Å². The maximum atomic E-state index is 5.69. The molecule has 1 heterocycles.